The fraction of sp³-hybridized carbons (Fsp3) is 0.281. The van der Waals surface area contributed by atoms with Gasteiger partial charge in [0.05, 0.1) is 19.8 Å². The van der Waals surface area contributed by atoms with Crippen LogP contribution in [0, 0.1) is 5.92 Å². The molecule has 1 saturated heterocycles. The van der Waals surface area contributed by atoms with Crippen molar-refractivity contribution < 1.29 is 32.2 Å². The third-order valence-electron chi connectivity index (χ3n) is 7.58. The van der Waals surface area contributed by atoms with Gasteiger partial charge in [-0.1, -0.05) is 12.1 Å². The highest BCUT2D eigenvalue weighted by Crippen LogP contribution is 2.35. The van der Waals surface area contributed by atoms with Gasteiger partial charge < -0.3 is 24.4 Å². The van der Waals surface area contributed by atoms with Crippen molar-refractivity contribution in [3.63, 3.8) is 0 Å². The largest absolute Gasteiger partial charge is 0.497 e. The molecule has 1 aliphatic heterocycles. The number of nitrogens with one attached hydrogen (secondary N) is 1. The van der Waals surface area contributed by atoms with Gasteiger partial charge in [-0.2, -0.15) is 13.2 Å². The van der Waals surface area contributed by atoms with Crippen LogP contribution in [0.15, 0.2) is 78.9 Å². The van der Waals surface area contributed by atoms with Crippen molar-refractivity contribution in [1.82, 2.24) is 10.2 Å². The topological polar surface area (TPSA) is 60.0 Å². The van der Waals surface area contributed by atoms with E-state index >= 15 is 0 Å². The van der Waals surface area contributed by atoms with E-state index in [0.717, 1.165) is 41.6 Å². The number of alkyl halides is 3. The van der Waals surface area contributed by atoms with Gasteiger partial charge in [-0.25, -0.2) is 0 Å². The molecule has 0 spiro atoms. The van der Waals surface area contributed by atoms with Crippen LogP contribution >= 0.6 is 0 Å². The maximum absolute atomic E-state index is 14.0. The summed E-state index contributed by atoms with van der Waals surface area (Å²) in [5.41, 5.74) is 0.652. The van der Waals surface area contributed by atoms with Gasteiger partial charge >= 0.3 is 6.18 Å². The third-order valence-corrected chi connectivity index (χ3v) is 7.58. The number of rotatable bonds is 9. The SMILES string of the molecule is COc1ccc(CN(C(=O)c2ccc3c(Oc4ccc(C(F)(F)F)cc4)cccc3c2)C(C)C2CNC2)c(OC)c1. The Bertz CT molecular complexity index is 1530. The van der Waals surface area contributed by atoms with Crippen LogP contribution in [0.1, 0.15) is 28.4 Å². The summed E-state index contributed by atoms with van der Waals surface area (Å²) in [6, 6.07) is 20.9. The summed E-state index contributed by atoms with van der Waals surface area (Å²) in [7, 11) is 3.19. The Morgan fingerprint density at radius 1 is 0.927 bits per heavy atom. The van der Waals surface area contributed by atoms with Crippen molar-refractivity contribution in [3.8, 4) is 23.0 Å². The van der Waals surface area contributed by atoms with Crippen LogP contribution in [-0.2, 0) is 12.7 Å². The van der Waals surface area contributed by atoms with Crippen LogP contribution in [0.25, 0.3) is 10.8 Å². The summed E-state index contributed by atoms with van der Waals surface area (Å²) >= 11 is 0. The Morgan fingerprint density at radius 3 is 2.29 bits per heavy atom. The van der Waals surface area contributed by atoms with E-state index in [-0.39, 0.29) is 17.7 Å². The van der Waals surface area contributed by atoms with Crippen molar-refractivity contribution in [2.75, 3.05) is 27.3 Å². The third kappa shape index (κ3) is 6.10. The minimum absolute atomic E-state index is 0.0272. The molecule has 5 rings (SSSR count). The van der Waals surface area contributed by atoms with Crippen LogP contribution in [0.4, 0.5) is 13.2 Å². The van der Waals surface area contributed by atoms with Crippen LogP contribution in [0.3, 0.4) is 0 Å². The van der Waals surface area contributed by atoms with Gasteiger partial charge in [-0.3, -0.25) is 4.79 Å². The molecule has 4 aromatic carbocycles. The molecule has 6 nitrogen and oxygen atoms in total. The van der Waals surface area contributed by atoms with Crippen molar-refractivity contribution in [3.05, 3.63) is 95.6 Å². The first-order valence-electron chi connectivity index (χ1n) is 13.3. The van der Waals surface area contributed by atoms with Gasteiger partial charge in [0.25, 0.3) is 5.91 Å². The summed E-state index contributed by atoms with van der Waals surface area (Å²) in [5, 5.41) is 4.81. The number of amides is 1. The lowest BCUT2D eigenvalue weighted by Crippen LogP contribution is -2.54. The molecule has 4 aromatic rings. The minimum Gasteiger partial charge on any atom is -0.497 e. The second-order valence-corrected chi connectivity index (χ2v) is 10.1. The molecule has 1 atom stereocenters. The molecule has 41 heavy (non-hydrogen) atoms. The Labute approximate surface area is 236 Å². The number of carbonyl (C=O) groups is 1. The zero-order chi connectivity index (χ0) is 29.1. The molecule has 1 aliphatic rings. The number of halogens is 3. The smallest absolute Gasteiger partial charge is 0.416 e. The van der Waals surface area contributed by atoms with E-state index in [1.165, 1.54) is 12.1 Å². The van der Waals surface area contributed by atoms with Crippen LogP contribution in [0.2, 0.25) is 0 Å². The Kier molecular flexibility index (Phi) is 8.08. The fourth-order valence-corrected chi connectivity index (χ4v) is 4.95. The molecule has 1 N–H and O–H groups in total. The summed E-state index contributed by atoms with van der Waals surface area (Å²) in [4.78, 5) is 15.9. The van der Waals surface area contributed by atoms with Crippen molar-refractivity contribution >= 4 is 16.7 Å². The highest BCUT2D eigenvalue weighted by Gasteiger charge is 2.32. The monoisotopic (exact) mass is 564 g/mol. The standard InChI is InChI=1S/C32H31F3N2O4/c1-20(24-17-36-18-24)37(19-23-7-11-27(39-2)16-30(23)40-3)31(38)22-8-14-28-21(15-22)5-4-6-29(28)41-26-12-9-25(10-13-26)32(33,34)35/h4-16,20,24,36H,17-19H2,1-3H3. The maximum atomic E-state index is 14.0. The van der Waals surface area contributed by atoms with Gasteiger partial charge in [-0.05, 0) is 73.0 Å². The van der Waals surface area contributed by atoms with Gasteiger partial charge in [-0.15, -0.1) is 0 Å². The molecule has 0 aliphatic carbocycles. The number of hydrogen-bond donors (Lipinski definition) is 1. The number of carbonyl (C=O) groups excluding carboxylic acids is 1. The zero-order valence-electron chi connectivity index (χ0n) is 23.0. The fourth-order valence-electron chi connectivity index (χ4n) is 4.95. The van der Waals surface area contributed by atoms with Gasteiger partial charge in [0.2, 0.25) is 0 Å². The van der Waals surface area contributed by atoms with E-state index in [9.17, 15) is 18.0 Å². The summed E-state index contributed by atoms with van der Waals surface area (Å²) < 4.78 is 55.7. The Hall–Kier alpha value is -4.24. The molecule has 0 aromatic heterocycles. The average Bonchev–Trinajstić information content (AvgIpc) is 2.94. The van der Waals surface area contributed by atoms with Crippen LogP contribution < -0.4 is 19.5 Å². The summed E-state index contributed by atoms with van der Waals surface area (Å²) in [5.74, 6) is 2.29. The van der Waals surface area contributed by atoms with Crippen molar-refractivity contribution in [2.45, 2.75) is 25.7 Å². The number of benzene rings is 4. The Balaban J connectivity index is 1.43. The first kappa shape index (κ1) is 28.3. The van der Waals surface area contributed by atoms with E-state index in [2.05, 4.69) is 12.2 Å². The summed E-state index contributed by atoms with van der Waals surface area (Å²) in [6.45, 7) is 4.11. The molecule has 1 amide bonds. The van der Waals surface area contributed by atoms with Gasteiger partial charge in [0, 0.05) is 54.2 Å². The molecule has 0 saturated carbocycles. The predicted molar refractivity (Wildman–Crippen MR) is 151 cm³/mol. The number of nitrogens with zero attached hydrogens (tertiary/aromatic N) is 1. The second-order valence-electron chi connectivity index (χ2n) is 10.1. The molecular weight excluding hydrogens is 533 g/mol. The molecule has 9 heteroatoms. The zero-order valence-corrected chi connectivity index (χ0v) is 23.0. The molecule has 1 fully saturated rings. The number of methoxy groups -OCH3 is 2. The first-order chi connectivity index (χ1) is 19.7. The van der Waals surface area contributed by atoms with E-state index in [0.29, 0.717) is 35.3 Å². The number of fused-ring (bicyclic) bond motifs is 1. The highest BCUT2D eigenvalue weighted by atomic mass is 19.4. The van der Waals surface area contributed by atoms with E-state index in [4.69, 9.17) is 14.2 Å². The first-order valence-corrected chi connectivity index (χ1v) is 13.3. The van der Waals surface area contributed by atoms with Crippen LogP contribution in [0.5, 0.6) is 23.0 Å². The lowest BCUT2D eigenvalue weighted by atomic mass is 9.92. The normalized spacial score (nSPS) is 14.3. The average molecular weight is 565 g/mol. The number of hydrogen-bond acceptors (Lipinski definition) is 5. The predicted octanol–water partition coefficient (Wildman–Crippen LogP) is 6.92. The maximum Gasteiger partial charge on any atom is 0.416 e. The molecule has 1 heterocycles. The number of ether oxygens (including phenoxy) is 3. The van der Waals surface area contributed by atoms with Crippen LogP contribution in [-0.4, -0.2) is 44.2 Å². The van der Waals surface area contributed by atoms with Crippen molar-refractivity contribution in [2.24, 2.45) is 5.92 Å². The Morgan fingerprint density at radius 2 is 1.66 bits per heavy atom. The highest BCUT2D eigenvalue weighted by molar-refractivity contribution is 6.00. The quantitative estimate of drug-likeness (QED) is 0.239. The van der Waals surface area contributed by atoms with E-state index < -0.39 is 11.7 Å². The van der Waals surface area contributed by atoms with Gasteiger partial charge in [0.1, 0.15) is 23.0 Å². The minimum atomic E-state index is -4.42. The summed E-state index contributed by atoms with van der Waals surface area (Å²) in [6.07, 6.45) is -4.42. The van der Waals surface area contributed by atoms with Crippen molar-refractivity contribution in [1.29, 1.82) is 0 Å². The van der Waals surface area contributed by atoms with E-state index in [1.807, 2.05) is 41.3 Å². The van der Waals surface area contributed by atoms with E-state index in [1.54, 1.807) is 32.4 Å². The second kappa shape index (κ2) is 11.7. The molecular formula is C32H31F3N2O4. The lowest BCUT2D eigenvalue weighted by molar-refractivity contribution is -0.137. The lowest BCUT2D eigenvalue weighted by Gasteiger charge is -2.40. The molecule has 0 bridgehead atoms. The molecule has 214 valence electrons. The van der Waals surface area contributed by atoms with Gasteiger partial charge in [0.15, 0.2) is 0 Å². The molecule has 0 radical (unpaired) electrons. The molecule has 1 unspecified atom stereocenters.